The fourth-order valence-corrected chi connectivity index (χ4v) is 0. The summed E-state index contributed by atoms with van der Waals surface area (Å²) in [5, 5.41) is 7.83. The van der Waals surface area contributed by atoms with Gasteiger partial charge in [-0.25, -0.2) is 0 Å². The van der Waals surface area contributed by atoms with Crippen LogP contribution in [0.1, 0.15) is 6.92 Å². The molecule has 0 saturated carbocycles. The van der Waals surface area contributed by atoms with E-state index in [0.717, 1.165) is 0 Å². The Morgan fingerprint density at radius 1 is 1.80 bits per heavy atom. The van der Waals surface area contributed by atoms with Crippen molar-refractivity contribution in [3.63, 3.8) is 0 Å². The Bertz CT molecular complexity index is 14.4. The van der Waals surface area contributed by atoms with Crippen LogP contribution in [0.4, 0.5) is 0 Å². The van der Waals surface area contributed by atoms with Crippen molar-refractivity contribution in [1.29, 1.82) is 0 Å². The molecule has 0 spiro atoms. The van der Waals surface area contributed by atoms with Gasteiger partial charge in [-0.1, -0.05) is 0 Å². The molecule has 0 aromatic heterocycles. The van der Waals surface area contributed by atoms with Crippen LogP contribution in [0.5, 0.6) is 0 Å². The molecule has 0 rings (SSSR count). The number of aliphatic hydroxyl groups is 1. The van der Waals surface area contributed by atoms with Crippen molar-refractivity contribution in [2.24, 2.45) is 5.73 Å². The van der Waals surface area contributed by atoms with Crippen molar-refractivity contribution >= 4 is 0 Å². The van der Waals surface area contributed by atoms with Crippen LogP contribution in [0.25, 0.3) is 0 Å². The SMILES string of the molecule is CC(N)O.[Zn]. The van der Waals surface area contributed by atoms with Crippen molar-refractivity contribution in [2.45, 2.75) is 13.2 Å². The van der Waals surface area contributed by atoms with E-state index in [-0.39, 0.29) is 19.5 Å². The minimum Gasteiger partial charge on any atom is -0.379 e. The molecule has 2 nitrogen and oxygen atoms in total. The van der Waals surface area contributed by atoms with Gasteiger partial charge in [0.15, 0.2) is 0 Å². The second kappa shape index (κ2) is 4.54. The summed E-state index contributed by atoms with van der Waals surface area (Å²) in [6.45, 7) is 1.50. The maximum absolute atomic E-state index is 7.83. The second-order valence-corrected chi connectivity index (χ2v) is 0.741. The van der Waals surface area contributed by atoms with Crippen molar-refractivity contribution in [2.75, 3.05) is 0 Å². The number of nitrogens with two attached hydrogens (primary N) is 1. The van der Waals surface area contributed by atoms with E-state index in [4.69, 9.17) is 5.11 Å². The molecule has 0 bridgehead atoms. The minimum absolute atomic E-state index is 0. The predicted molar refractivity (Wildman–Crippen MR) is 15.9 cm³/mol. The standard InChI is InChI=1S/C2H7NO.Zn/c1-2(3)4;/h2,4H,3H2,1H3;. The molecule has 0 heterocycles. The monoisotopic (exact) mass is 125 g/mol. The number of rotatable bonds is 0. The summed E-state index contributed by atoms with van der Waals surface area (Å²) in [4.78, 5) is 0. The summed E-state index contributed by atoms with van der Waals surface area (Å²) < 4.78 is 0. The first-order chi connectivity index (χ1) is 1.73. The van der Waals surface area contributed by atoms with Gasteiger partial charge in [-0.2, -0.15) is 0 Å². The summed E-state index contributed by atoms with van der Waals surface area (Å²) in [5.74, 6) is 0. The van der Waals surface area contributed by atoms with Crippen LogP contribution in [0.3, 0.4) is 0 Å². The Labute approximate surface area is 44.1 Å². The molecule has 5 heavy (non-hydrogen) atoms. The van der Waals surface area contributed by atoms with Gasteiger partial charge in [0.1, 0.15) is 0 Å². The van der Waals surface area contributed by atoms with Gasteiger partial charge < -0.3 is 10.8 Å². The Morgan fingerprint density at radius 3 is 1.80 bits per heavy atom. The molecule has 1 atom stereocenters. The molecule has 0 aromatic carbocycles. The zero-order chi connectivity index (χ0) is 3.58. The summed E-state index contributed by atoms with van der Waals surface area (Å²) in [6, 6.07) is 0. The van der Waals surface area contributed by atoms with E-state index in [9.17, 15) is 0 Å². The first-order valence-corrected chi connectivity index (χ1v) is 1.17. The third-order valence-electron chi connectivity index (χ3n) is 0. The Hall–Kier alpha value is 0.543. The molecule has 1 unspecified atom stereocenters. The van der Waals surface area contributed by atoms with Crippen LogP contribution in [0, 0.1) is 0 Å². The third kappa shape index (κ3) is 99.5. The third-order valence-corrected chi connectivity index (χ3v) is 0. The van der Waals surface area contributed by atoms with Gasteiger partial charge in [-0.15, -0.1) is 0 Å². The first kappa shape index (κ1) is 9.11. The predicted octanol–water partition coefficient (Wildman–Crippen LogP) is -0.719. The minimum atomic E-state index is -0.667. The van der Waals surface area contributed by atoms with E-state index in [1.807, 2.05) is 0 Å². The molecule has 0 aliphatic rings. The fourth-order valence-electron chi connectivity index (χ4n) is 0. The first-order valence-electron chi connectivity index (χ1n) is 1.17. The molecular weight excluding hydrogens is 119 g/mol. The van der Waals surface area contributed by atoms with Gasteiger partial charge in [0.25, 0.3) is 0 Å². The summed E-state index contributed by atoms with van der Waals surface area (Å²) >= 11 is 0. The normalized spacial score (nSPS) is 12.6. The van der Waals surface area contributed by atoms with Gasteiger partial charge in [-0.05, 0) is 6.92 Å². The molecule has 0 aromatic rings. The zero-order valence-electron chi connectivity index (χ0n) is 3.31. The molecule has 0 aliphatic carbocycles. The fraction of sp³-hybridized carbons (Fsp3) is 1.00. The smallest absolute Gasteiger partial charge is 0.0991 e. The van der Waals surface area contributed by atoms with Crippen molar-refractivity contribution in [3.8, 4) is 0 Å². The number of hydrogen-bond donors (Lipinski definition) is 2. The Morgan fingerprint density at radius 2 is 1.80 bits per heavy atom. The van der Waals surface area contributed by atoms with Gasteiger partial charge >= 0.3 is 0 Å². The van der Waals surface area contributed by atoms with E-state index in [1.54, 1.807) is 0 Å². The molecule has 0 saturated heterocycles. The molecule has 0 radical (unpaired) electrons. The molecule has 3 heteroatoms. The topological polar surface area (TPSA) is 46.2 Å². The van der Waals surface area contributed by atoms with Crippen molar-refractivity contribution < 1.29 is 24.6 Å². The summed E-state index contributed by atoms with van der Waals surface area (Å²) in [7, 11) is 0. The maximum Gasteiger partial charge on any atom is 0.0991 e. The Balaban J connectivity index is 0. The van der Waals surface area contributed by atoms with Crippen LogP contribution in [-0.2, 0) is 19.5 Å². The largest absolute Gasteiger partial charge is 0.379 e. The van der Waals surface area contributed by atoms with Crippen LogP contribution < -0.4 is 5.73 Å². The molecule has 3 N–H and O–H groups in total. The summed E-state index contributed by atoms with van der Waals surface area (Å²) in [5.41, 5.74) is 4.67. The molecule has 0 aliphatic heterocycles. The van der Waals surface area contributed by atoms with Gasteiger partial charge in [-0.3, -0.25) is 0 Å². The van der Waals surface area contributed by atoms with E-state index in [0.29, 0.717) is 0 Å². The second-order valence-electron chi connectivity index (χ2n) is 0.741. The van der Waals surface area contributed by atoms with Gasteiger partial charge in [0, 0.05) is 19.5 Å². The van der Waals surface area contributed by atoms with Crippen molar-refractivity contribution in [1.82, 2.24) is 0 Å². The van der Waals surface area contributed by atoms with E-state index < -0.39 is 6.23 Å². The Kier molecular flexibility index (Phi) is 8.28. The molecule has 0 fully saturated rings. The van der Waals surface area contributed by atoms with Gasteiger partial charge in [0.2, 0.25) is 0 Å². The molecular formula is C2H7NOZn. The van der Waals surface area contributed by atoms with Crippen LogP contribution in [0.2, 0.25) is 0 Å². The van der Waals surface area contributed by atoms with Crippen LogP contribution >= 0.6 is 0 Å². The van der Waals surface area contributed by atoms with E-state index in [2.05, 4.69) is 5.73 Å². The number of hydrogen-bond acceptors (Lipinski definition) is 2. The van der Waals surface area contributed by atoms with E-state index >= 15 is 0 Å². The van der Waals surface area contributed by atoms with E-state index in [1.165, 1.54) is 6.92 Å². The van der Waals surface area contributed by atoms with Crippen LogP contribution in [0.15, 0.2) is 0 Å². The van der Waals surface area contributed by atoms with Crippen LogP contribution in [-0.4, -0.2) is 11.3 Å². The average molecular weight is 126 g/mol. The summed E-state index contributed by atoms with van der Waals surface area (Å²) in [6.07, 6.45) is -0.667. The molecule has 0 amide bonds. The molecule has 28 valence electrons. The van der Waals surface area contributed by atoms with Crippen molar-refractivity contribution in [3.05, 3.63) is 0 Å². The average Bonchev–Trinajstić information content (AvgIpc) is 0.811. The quantitative estimate of drug-likeness (QED) is 0.332. The number of aliphatic hydroxyl groups excluding tert-OH is 1. The maximum atomic E-state index is 7.83. The zero-order valence-corrected chi connectivity index (χ0v) is 6.28. The van der Waals surface area contributed by atoms with Gasteiger partial charge in [0.05, 0.1) is 6.23 Å².